The summed E-state index contributed by atoms with van der Waals surface area (Å²) >= 11 is 0. The highest BCUT2D eigenvalue weighted by molar-refractivity contribution is 5.91. The molecule has 3 rings (SSSR count). The summed E-state index contributed by atoms with van der Waals surface area (Å²) in [6.07, 6.45) is 3.59. The number of halogens is 2. The number of pyridine rings is 1. The fourth-order valence-corrected chi connectivity index (χ4v) is 3.26. The van der Waals surface area contributed by atoms with Crippen molar-refractivity contribution in [2.45, 2.75) is 53.2 Å². The minimum absolute atomic E-state index is 0.158. The van der Waals surface area contributed by atoms with Gasteiger partial charge in [-0.3, -0.25) is 0 Å². The summed E-state index contributed by atoms with van der Waals surface area (Å²) in [7, 11) is 0. The van der Waals surface area contributed by atoms with Crippen molar-refractivity contribution in [3.05, 3.63) is 41.9 Å². The van der Waals surface area contributed by atoms with Gasteiger partial charge in [0.25, 0.3) is 0 Å². The van der Waals surface area contributed by atoms with E-state index in [0.717, 1.165) is 46.5 Å². The summed E-state index contributed by atoms with van der Waals surface area (Å²) < 4.78 is 31.6. The molecule has 2 heterocycles. The number of hydrogen-bond acceptors (Lipinski definition) is 3. The molecule has 2 aromatic heterocycles. The Bertz CT molecular complexity index is 921. The second kappa shape index (κ2) is 7.40. The van der Waals surface area contributed by atoms with Gasteiger partial charge in [0.05, 0.1) is 0 Å². The standard InChI is InChI=1S/C20H23F2N3O/c1-5-13(4)25-17(6-2)24-18-16(9-10-23-19(18)25)15-8-7-14(11-12(15)3)26-20(21)22/h7-11,13,20H,5-6H2,1-4H3. The fourth-order valence-electron chi connectivity index (χ4n) is 3.26. The molecule has 6 heteroatoms. The van der Waals surface area contributed by atoms with Crippen LogP contribution in [0.3, 0.4) is 0 Å². The first-order valence-corrected chi connectivity index (χ1v) is 8.87. The third kappa shape index (κ3) is 3.28. The highest BCUT2D eigenvalue weighted by Gasteiger charge is 2.18. The Balaban J connectivity index is 2.16. The Labute approximate surface area is 151 Å². The summed E-state index contributed by atoms with van der Waals surface area (Å²) in [4.78, 5) is 9.41. The van der Waals surface area contributed by atoms with E-state index < -0.39 is 6.61 Å². The molecule has 4 nitrogen and oxygen atoms in total. The average molecular weight is 359 g/mol. The second-order valence-electron chi connectivity index (χ2n) is 6.39. The normalized spacial score (nSPS) is 12.7. The Morgan fingerprint density at radius 3 is 2.54 bits per heavy atom. The van der Waals surface area contributed by atoms with Crippen LogP contribution in [-0.2, 0) is 6.42 Å². The monoisotopic (exact) mass is 359 g/mol. The Morgan fingerprint density at radius 1 is 1.15 bits per heavy atom. The maximum Gasteiger partial charge on any atom is 0.387 e. The van der Waals surface area contributed by atoms with Gasteiger partial charge in [0, 0.05) is 24.2 Å². The number of aromatic nitrogens is 3. The maximum atomic E-state index is 12.4. The molecule has 0 spiro atoms. The molecule has 0 fully saturated rings. The molecule has 26 heavy (non-hydrogen) atoms. The van der Waals surface area contributed by atoms with E-state index >= 15 is 0 Å². The van der Waals surface area contributed by atoms with Gasteiger partial charge >= 0.3 is 6.61 Å². The van der Waals surface area contributed by atoms with Gasteiger partial charge < -0.3 is 9.30 Å². The fraction of sp³-hybridized carbons (Fsp3) is 0.400. The summed E-state index contributed by atoms with van der Waals surface area (Å²) in [6.45, 7) is 5.45. The van der Waals surface area contributed by atoms with Gasteiger partial charge in [-0.25, -0.2) is 9.97 Å². The number of hydrogen-bond donors (Lipinski definition) is 0. The van der Waals surface area contributed by atoms with E-state index in [-0.39, 0.29) is 5.75 Å². The van der Waals surface area contributed by atoms with Crippen molar-refractivity contribution in [3.63, 3.8) is 0 Å². The Hall–Kier alpha value is -2.50. The van der Waals surface area contributed by atoms with Gasteiger partial charge in [0.1, 0.15) is 17.1 Å². The van der Waals surface area contributed by atoms with Gasteiger partial charge in [-0.1, -0.05) is 19.9 Å². The quantitative estimate of drug-likeness (QED) is 0.580. The number of nitrogens with zero attached hydrogens (tertiary/aromatic N) is 3. The van der Waals surface area contributed by atoms with Gasteiger partial charge in [0.15, 0.2) is 5.65 Å². The van der Waals surface area contributed by atoms with E-state index in [4.69, 9.17) is 4.98 Å². The van der Waals surface area contributed by atoms with Crippen LogP contribution < -0.4 is 4.74 Å². The van der Waals surface area contributed by atoms with Crippen LogP contribution in [0.15, 0.2) is 30.5 Å². The van der Waals surface area contributed by atoms with Crippen LogP contribution >= 0.6 is 0 Å². The van der Waals surface area contributed by atoms with Crippen molar-refractivity contribution in [2.24, 2.45) is 0 Å². The number of benzene rings is 1. The first-order chi connectivity index (χ1) is 12.5. The zero-order valence-electron chi connectivity index (χ0n) is 15.5. The van der Waals surface area contributed by atoms with Crippen LogP contribution in [-0.4, -0.2) is 21.1 Å². The van der Waals surface area contributed by atoms with E-state index in [1.54, 1.807) is 24.4 Å². The molecule has 3 aromatic rings. The van der Waals surface area contributed by atoms with Crippen LogP contribution in [0.25, 0.3) is 22.3 Å². The molecule has 0 aliphatic heterocycles. The van der Waals surface area contributed by atoms with Crippen LogP contribution in [0.2, 0.25) is 0 Å². The lowest BCUT2D eigenvalue weighted by Crippen LogP contribution is -2.08. The third-order valence-electron chi connectivity index (χ3n) is 4.71. The number of alkyl halides is 2. The van der Waals surface area contributed by atoms with E-state index in [9.17, 15) is 8.78 Å². The first-order valence-electron chi connectivity index (χ1n) is 8.87. The molecule has 0 bridgehead atoms. The van der Waals surface area contributed by atoms with Crippen molar-refractivity contribution >= 4 is 11.2 Å². The molecule has 1 aromatic carbocycles. The van der Waals surface area contributed by atoms with Crippen LogP contribution in [0, 0.1) is 6.92 Å². The van der Waals surface area contributed by atoms with Gasteiger partial charge in [0.2, 0.25) is 0 Å². The third-order valence-corrected chi connectivity index (χ3v) is 4.71. The second-order valence-corrected chi connectivity index (χ2v) is 6.39. The predicted molar refractivity (Wildman–Crippen MR) is 98.7 cm³/mol. The summed E-state index contributed by atoms with van der Waals surface area (Å²) in [6, 6.07) is 7.22. The molecule has 1 atom stereocenters. The number of aryl methyl sites for hydroxylation is 2. The van der Waals surface area contributed by atoms with Gasteiger partial charge in [-0.2, -0.15) is 8.78 Å². The SMILES string of the molecule is CCc1nc2c(-c3ccc(OC(F)F)cc3C)ccnc2n1C(C)CC. The topological polar surface area (TPSA) is 39.9 Å². The number of imidazole rings is 1. The average Bonchev–Trinajstić information content (AvgIpc) is 2.99. The molecule has 0 amide bonds. The van der Waals surface area contributed by atoms with Crippen LogP contribution in [0.5, 0.6) is 5.75 Å². The summed E-state index contributed by atoms with van der Waals surface area (Å²) in [5, 5.41) is 0. The van der Waals surface area contributed by atoms with Crippen molar-refractivity contribution < 1.29 is 13.5 Å². The number of ether oxygens (including phenoxy) is 1. The van der Waals surface area contributed by atoms with Gasteiger partial charge in [-0.05, 0) is 49.6 Å². The molecule has 0 aliphatic carbocycles. The molecule has 0 aliphatic rings. The molecule has 1 unspecified atom stereocenters. The first kappa shape index (κ1) is 18.3. The van der Waals surface area contributed by atoms with E-state index in [1.807, 2.05) is 13.0 Å². The van der Waals surface area contributed by atoms with E-state index in [2.05, 4.69) is 35.1 Å². The molecule has 0 saturated heterocycles. The number of fused-ring (bicyclic) bond motifs is 1. The number of rotatable bonds is 6. The molecule has 0 N–H and O–H groups in total. The lowest BCUT2D eigenvalue weighted by molar-refractivity contribution is -0.0498. The Kier molecular flexibility index (Phi) is 5.20. The van der Waals surface area contributed by atoms with Gasteiger partial charge in [-0.15, -0.1) is 0 Å². The molecular weight excluding hydrogens is 336 g/mol. The van der Waals surface area contributed by atoms with Crippen LogP contribution in [0.1, 0.15) is 44.6 Å². The molecular formula is C20H23F2N3O. The van der Waals surface area contributed by atoms with Crippen LogP contribution in [0.4, 0.5) is 8.78 Å². The maximum absolute atomic E-state index is 12.4. The zero-order valence-corrected chi connectivity index (χ0v) is 15.5. The zero-order chi connectivity index (χ0) is 18.8. The minimum atomic E-state index is -2.83. The summed E-state index contributed by atoms with van der Waals surface area (Å²) in [5.41, 5.74) is 4.45. The lowest BCUT2D eigenvalue weighted by Gasteiger charge is -2.14. The molecule has 0 radical (unpaired) electrons. The molecule has 0 saturated carbocycles. The smallest absolute Gasteiger partial charge is 0.387 e. The van der Waals surface area contributed by atoms with E-state index in [1.165, 1.54) is 0 Å². The largest absolute Gasteiger partial charge is 0.435 e. The molecule has 138 valence electrons. The summed E-state index contributed by atoms with van der Waals surface area (Å²) in [5.74, 6) is 1.16. The highest BCUT2D eigenvalue weighted by atomic mass is 19.3. The van der Waals surface area contributed by atoms with Crippen molar-refractivity contribution in [3.8, 4) is 16.9 Å². The van der Waals surface area contributed by atoms with Crippen molar-refractivity contribution in [1.29, 1.82) is 0 Å². The Morgan fingerprint density at radius 2 is 1.92 bits per heavy atom. The minimum Gasteiger partial charge on any atom is -0.435 e. The lowest BCUT2D eigenvalue weighted by atomic mass is 10.0. The van der Waals surface area contributed by atoms with Crippen molar-refractivity contribution in [1.82, 2.24) is 14.5 Å². The predicted octanol–water partition coefficient (Wildman–Crippen LogP) is 5.54. The highest BCUT2D eigenvalue weighted by Crippen LogP contribution is 2.33. The van der Waals surface area contributed by atoms with E-state index in [0.29, 0.717) is 6.04 Å². The van der Waals surface area contributed by atoms with Crippen molar-refractivity contribution in [2.75, 3.05) is 0 Å².